The lowest BCUT2D eigenvalue weighted by Crippen LogP contribution is -2.35. The second-order valence-corrected chi connectivity index (χ2v) is 11.0. The first-order valence-electron chi connectivity index (χ1n) is 12.6. The molecule has 0 bridgehead atoms. The van der Waals surface area contributed by atoms with E-state index in [0.717, 1.165) is 62.3 Å². The number of benzene rings is 1. The molecule has 3 aromatic rings. The number of pyridine rings is 1. The van der Waals surface area contributed by atoms with Crippen molar-refractivity contribution in [2.24, 2.45) is 5.41 Å². The van der Waals surface area contributed by atoms with Gasteiger partial charge >= 0.3 is 0 Å². The van der Waals surface area contributed by atoms with E-state index in [1.165, 1.54) is 18.4 Å². The van der Waals surface area contributed by atoms with Crippen molar-refractivity contribution in [1.82, 2.24) is 25.2 Å². The van der Waals surface area contributed by atoms with Crippen LogP contribution in [-0.2, 0) is 5.41 Å². The summed E-state index contributed by atoms with van der Waals surface area (Å²) in [4.78, 5) is 20.0. The Kier molecular flexibility index (Phi) is 5.13. The van der Waals surface area contributed by atoms with Crippen LogP contribution in [0.3, 0.4) is 0 Å². The molecule has 2 aliphatic heterocycles. The fourth-order valence-electron chi connectivity index (χ4n) is 6.42. The van der Waals surface area contributed by atoms with Gasteiger partial charge in [0, 0.05) is 31.1 Å². The highest BCUT2D eigenvalue weighted by atomic mass is 16.2. The van der Waals surface area contributed by atoms with Gasteiger partial charge in [0.2, 0.25) is 5.82 Å². The molecule has 7 heteroatoms. The smallest absolute Gasteiger partial charge is 0.291 e. The Hall–Kier alpha value is -2.93. The number of aryl methyl sites for hydroxylation is 1. The van der Waals surface area contributed by atoms with Crippen molar-refractivity contribution in [2.75, 3.05) is 31.1 Å². The predicted octanol–water partition coefficient (Wildman–Crippen LogP) is 3.47. The molecule has 2 saturated heterocycles. The lowest BCUT2D eigenvalue weighted by Gasteiger charge is -2.26. The number of hydrogen-bond donors (Lipinski definition) is 2. The molecule has 2 N–H and O–H groups in total. The SMILES string of the molecule is Cc1cc(N2CC[C@](C)(c3ccccc3)C2)cn2nc(C(=O)NC3CCC4(CCNC4)C3)nc12. The first-order chi connectivity index (χ1) is 16.4. The largest absolute Gasteiger partial charge is 0.369 e. The van der Waals surface area contributed by atoms with E-state index in [1.54, 1.807) is 4.52 Å². The zero-order chi connectivity index (χ0) is 23.3. The molecule has 3 fully saturated rings. The highest BCUT2D eigenvalue weighted by molar-refractivity contribution is 5.91. The van der Waals surface area contributed by atoms with Crippen LogP contribution in [0.4, 0.5) is 5.69 Å². The average molecular weight is 459 g/mol. The van der Waals surface area contributed by atoms with Gasteiger partial charge in [-0.1, -0.05) is 37.3 Å². The number of fused-ring (bicyclic) bond motifs is 1. The summed E-state index contributed by atoms with van der Waals surface area (Å²) in [6, 6.07) is 13.2. The summed E-state index contributed by atoms with van der Waals surface area (Å²) in [5.74, 6) is 0.108. The molecule has 3 atom stereocenters. The number of amides is 1. The van der Waals surface area contributed by atoms with Gasteiger partial charge in [-0.05, 0) is 68.2 Å². The summed E-state index contributed by atoms with van der Waals surface area (Å²) in [7, 11) is 0. The van der Waals surface area contributed by atoms with E-state index in [9.17, 15) is 4.79 Å². The molecule has 3 aliphatic rings. The van der Waals surface area contributed by atoms with E-state index >= 15 is 0 Å². The van der Waals surface area contributed by atoms with Crippen LogP contribution in [0, 0.1) is 12.3 Å². The van der Waals surface area contributed by atoms with Crippen molar-refractivity contribution in [1.29, 1.82) is 0 Å². The molecular formula is C27H34N6O. The van der Waals surface area contributed by atoms with Gasteiger partial charge in [-0.15, -0.1) is 5.10 Å². The standard InChI is InChI=1S/C27H34N6O/c1-19-14-22(32-13-11-26(2,18-32)20-6-4-3-5-7-20)16-33-24(19)30-23(31-33)25(34)29-21-8-9-27(15-21)10-12-28-17-27/h3-7,14,16,21,28H,8-13,15,17-18H2,1-2H3,(H,29,34)/t21?,26-,27?/m0/s1. The Morgan fingerprint density at radius 1 is 1.21 bits per heavy atom. The number of hydrogen-bond acceptors (Lipinski definition) is 5. The molecule has 4 heterocycles. The summed E-state index contributed by atoms with van der Waals surface area (Å²) in [5, 5.41) is 11.3. The Labute approximate surface area is 200 Å². The van der Waals surface area contributed by atoms with Gasteiger partial charge in [-0.25, -0.2) is 9.50 Å². The van der Waals surface area contributed by atoms with Crippen LogP contribution in [0.15, 0.2) is 42.6 Å². The molecule has 34 heavy (non-hydrogen) atoms. The molecule has 1 amide bonds. The average Bonchev–Trinajstić information content (AvgIpc) is 3.63. The van der Waals surface area contributed by atoms with Crippen molar-refractivity contribution in [3.63, 3.8) is 0 Å². The van der Waals surface area contributed by atoms with Gasteiger partial charge in [-0.2, -0.15) is 0 Å². The number of nitrogens with one attached hydrogen (secondary N) is 2. The molecule has 6 rings (SSSR count). The first-order valence-corrected chi connectivity index (χ1v) is 12.6. The molecule has 1 aliphatic carbocycles. The number of anilines is 1. The van der Waals surface area contributed by atoms with Gasteiger partial charge in [-0.3, -0.25) is 4.79 Å². The number of carbonyl (C=O) groups is 1. The fraction of sp³-hybridized carbons (Fsp3) is 0.519. The van der Waals surface area contributed by atoms with E-state index in [1.807, 2.05) is 6.20 Å². The number of aromatic nitrogens is 3. The monoisotopic (exact) mass is 458 g/mol. The molecule has 178 valence electrons. The second kappa shape index (κ2) is 8.08. The second-order valence-electron chi connectivity index (χ2n) is 11.0. The normalized spacial score (nSPS) is 28.9. The minimum absolute atomic E-state index is 0.130. The predicted molar refractivity (Wildman–Crippen MR) is 133 cm³/mol. The Balaban J connectivity index is 1.19. The summed E-state index contributed by atoms with van der Waals surface area (Å²) in [6.45, 7) is 8.53. The molecule has 2 unspecified atom stereocenters. The molecule has 7 nitrogen and oxygen atoms in total. The van der Waals surface area contributed by atoms with Crippen LogP contribution < -0.4 is 15.5 Å². The van der Waals surface area contributed by atoms with E-state index in [0.29, 0.717) is 5.41 Å². The van der Waals surface area contributed by atoms with E-state index in [4.69, 9.17) is 0 Å². The molecule has 1 spiro atoms. The van der Waals surface area contributed by atoms with Gasteiger partial charge in [0.15, 0.2) is 5.65 Å². The molecular weight excluding hydrogens is 424 g/mol. The van der Waals surface area contributed by atoms with Crippen LogP contribution in [0.2, 0.25) is 0 Å². The Bertz CT molecular complexity index is 1210. The topological polar surface area (TPSA) is 74.6 Å². The summed E-state index contributed by atoms with van der Waals surface area (Å²) < 4.78 is 1.79. The molecule has 1 aromatic carbocycles. The summed E-state index contributed by atoms with van der Waals surface area (Å²) >= 11 is 0. The van der Waals surface area contributed by atoms with Gasteiger partial charge < -0.3 is 15.5 Å². The number of nitrogens with zero attached hydrogens (tertiary/aromatic N) is 4. The molecule has 0 radical (unpaired) electrons. The Morgan fingerprint density at radius 3 is 2.85 bits per heavy atom. The zero-order valence-electron chi connectivity index (χ0n) is 20.2. The van der Waals surface area contributed by atoms with Crippen LogP contribution in [-0.4, -0.2) is 52.7 Å². The van der Waals surface area contributed by atoms with Gasteiger partial charge in [0.1, 0.15) is 0 Å². The minimum Gasteiger partial charge on any atom is -0.369 e. The highest BCUT2D eigenvalue weighted by Crippen LogP contribution is 2.43. The van der Waals surface area contributed by atoms with Gasteiger partial charge in [0.05, 0.1) is 11.9 Å². The number of rotatable bonds is 4. The zero-order valence-corrected chi connectivity index (χ0v) is 20.2. The minimum atomic E-state index is -0.157. The van der Waals surface area contributed by atoms with Crippen molar-refractivity contribution in [3.8, 4) is 0 Å². The van der Waals surface area contributed by atoms with Crippen LogP contribution in [0.1, 0.15) is 60.8 Å². The lowest BCUT2D eigenvalue weighted by molar-refractivity contribution is 0.0925. The van der Waals surface area contributed by atoms with E-state index < -0.39 is 0 Å². The lowest BCUT2D eigenvalue weighted by atomic mass is 9.82. The molecule has 2 aromatic heterocycles. The maximum Gasteiger partial charge on any atom is 0.291 e. The van der Waals surface area contributed by atoms with Gasteiger partial charge in [0.25, 0.3) is 5.91 Å². The quantitative estimate of drug-likeness (QED) is 0.626. The van der Waals surface area contributed by atoms with Crippen molar-refractivity contribution in [3.05, 3.63) is 59.5 Å². The van der Waals surface area contributed by atoms with E-state index in [-0.39, 0.29) is 23.2 Å². The van der Waals surface area contributed by atoms with Crippen LogP contribution in [0.25, 0.3) is 5.65 Å². The van der Waals surface area contributed by atoms with Crippen molar-refractivity contribution < 1.29 is 4.79 Å². The number of carbonyl (C=O) groups excluding carboxylic acids is 1. The van der Waals surface area contributed by atoms with Crippen LogP contribution >= 0.6 is 0 Å². The third kappa shape index (κ3) is 3.76. The highest BCUT2D eigenvalue weighted by Gasteiger charge is 2.42. The van der Waals surface area contributed by atoms with Crippen molar-refractivity contribution in [2.45, 2.75) is 57.4 Å². The summed E-state index contributed by atoms with van der Waals surface area (Å²) in [6.07, 6.45) is 7.63. The Morgan fingerprint density at radius 2 is 2.06 bits per heavy atom. The maximum absolute atomic E-state index is 13.0. The molecule has 1 saturated carbocycles. The van der Waals surface area contributed by atoms with Crippen molar-refractivity contribution >= 4 is 17.2 Å². The summed E-state index contributed by atoms with van der Waals surface area (Å²) in [5.41, 5.74) is 4.81. The first kappa shape index (κ1) is 21.6. The van der Waals surface area contributed by atoms with Crippen LogP contribution in [0.5, 0.6) is 0 Å². The maximum atomic E-state index is 13.0. The third-order valence-electron chi connectivity index (χ3n) is 8.49. The third-order valence-corrected chi connectivity index (χ3v) is 8.49. The van der Waals surface area contributed by atoms with E-state index in [2.05, 4.69) is 75.9 Å². The fourth-order valence-corrected chi connectivity index (χ4v) is 6.42.